The number of rotatable bonds is 5. The Balaban J connectivity index is 2.10. The van der Waals surface area contributed by atoms with Gasteiger partial charge in [0.1, 0.15) is 5.01 Å². The summed E-state index contributed by atoms with van der Waals surface area (Å²) in [5.41, 5.74) is 2.54. The largest absolute Gasteiger partial charge is 0.481 e. The first-order chi connectivity index (χ1) is 10.4. The van der Waals surface area contributed by atoms with Gasteiger partial charge in [0.2, 0.25) is 5.91 Å². The Hall–Kier alpha value is -2.21. The van der Waals surface area contributed by atoms with Crippen molar-refractivity contribution < 1.29 is 14.7 Å². The van der Waals surface area contributed by atoms with Crippen LogP contribution in [-0.2, 0) is 16.0 Å². The van der Waals surface area contributed by atoms with Crippen LogP contribution in [0.3, 0.4) is 0 Å². The van der Waals surface area contributed by atoms with E-state index in [1.54, 1.807) is 13.8 Å². The Morgan fingerprint density at radius 1 is 1.27 bits per heavy atom. The fourth-order valence-electron chi connectivity index (χ4n) is 1.94. The summed E-state index contributed by atoms with van der Waals surface area (Å²) >= 11 is 1.28. The van der Waals surface area contributed by atoms with E-state index in [0.29, 0.717) is 15.6 Å². The van der Waals surface area contributed by atoms with Gasteiger partial charge < -0.3 is 10.4 Å². The molecule has 0 aliphatic rings. The number of carboxylic acid groups (broad SMARTS) is 1. The van der Waals surface area contributed by atoms with Crippen LogP contribution in [0.2, 0.25) is 0 Å². The number of anilines is 1. The lowest BCUT2D eigenvalue weighted by atomic mass is 10.1. The summed E-state index contributed by atoms with van der Waals surface area (Å²) in [6.07, 6.45) is -0.0597. The minimum absolute atomic E-state index is 0.0597. The summed E-state index contributed by atoms with van der Waals surface area (Å²) in [5, 5.41) is 12.4. The lowest BCUT2D eigenvalue weighted by Gasteiger charge is -2.10. The zero-order valence-electron chi connectivity index (χ0n) is 12.7. The molecule has 0 fully saturated rings. The highest BCUT2D eigenvalue weighted by Crippen LogP contribution is 2.26. The summed E-state index contributed by atoms with van der Waals surface area (Å²) < 4.78 is 0. The Kier molecular flexibility index (Phi) is 4.92. The lowest BCUT2D eigenvalue weighted by molar-refractivity contribution is -0.136. The molecule has 22 heavy (non-hydrogen) atoms. The quantitative estimate of drug-likeness (QED) is 0.887. The number of aryl methyl sites for hydroxylation is 2. The summed E-state index contributed by atoms with van der Waals surface area (Å²) in [6.45, 7) is 5.52. The molecule has 1 amide bonds. The van der Waals surface area contributed by atoms with E-state index in [1.807, 2.05) is 31.2 Å². The van der Waals surface area contributed by atoms with Crippen LogP contribution in [0.25, 0.3) is 0 Å². The number of hydrogen-bond donors (Lipinski definition) is 2. The molecule has 0 aliphatic carbocycles. The highest BCUT2D eigenvalue weighted by Gasteiger charge is 2.21. The summed E-state index contributed by atoms with van der Waals surface area (Å²) in [6, 6.07) is 7.56. The maximum Gasteiger partial charge on any atom is 0.308 e. The molecular formula is C16H18N2O3S. The second kappa shape index (κ2) is 6.70. The first-order valence-corrected chi connectivity index (χ1v) is 7.74. The third kappa shape index (κ3) is 3.92. The molecule has 1 atom stereocenters. The van der Waals surface area contributed by atoms with Crippen LogP contribution in [0, 0.1) is 13.8 Å². The second-order valence-corrected chi connectivity index (χ2v) is 6.32. The van der Waals surface area contributed by atoms with E-state index in [4.69, 9.17) is 5.11 Å². The molecule has 2 rings (SSSR count). The molecule has 0 aliphatic heterocycles. The Bertz CT molecular complexity index is 692. The molecule has 0 radical (unpaired) electrons. The number of amides is 1. The number of aromatic nitrogens is 1. The van der Waals surface area contributed by atoms with Gasteiger partial charge in [-0.05, 0) is 32.9 Å². The number of carbonyl (C=O) groups excluding carboxylic acids is 1. The number of carbonyl (C=O) groups is 2. The number of nitrogens with one attached hydrogen (secondary N) is 1. The van der Waals surface area contributed by atoms with Crippen molar-refractivity contribution in [2.75, 3.05) is 5.32 Å². The summed E-state index contributed by atoms with van der Waals surface area (Å²) in [5.74, 6) is -1.47. The monoisotopic (exact) mass is 318 g/mol. The van der Waals surface area contributed by atoms with Gasteiger partial charge in [-0.25, -0.2) is 4.98 Å². The van der Waals surface area contributed by atoms with Crippen molar-refractivity contribution in [3.05, 3.63) is 45.4 Å². The van der Waals surface area contributed by atoms with Crippen molar-refractivity contribution in [1.82, 2.24) is 4.98 Å². The van der Waals surface area contributed by atoms with E-state index in [-0.39, 0.29) is 12.3 Å². The maximum absolute atomic E-state index is 12.3. The Labute approximate surface area is 133 Å². The number of nitrogens with zero attached hydrogens (tertiary/aromatic N) is 1. The van der Waals surface area contributed by atoms with Crippen molar-refractivity contribution in [2.24, 2.45) is 0 Å². The third-order valence-corrected chi connectivity index (χ3v) is 4.64. The minimum Gasteiger partial charge on any atom is -0.481 e. The van der Waals surface area contributed by atoms with Crippen molar-refractivity contribution in [1.29, 1.82) is 0 Å². The zero-order chi connectivity index (χ0) is 16.3. The van der Waals surface area contributed by atoms with E-state index in [0.717, 1.165) is 11.3 Å². The molecule has 5 nitrogen and oxygen atoms in total. The van der Waals surface area contributed by atoms with E-state index < -0.39 is 11.9 Å². The number of hydrogen-bond acceptors (Lipinski definition) is 4. The van der Waals surface area contributed by atoms with Gasteiger partial charge in [-0.1, -0.05) is 17.7 Å². The van der Waals surface area contributed by atoms with Crippen LogP contribution in [-0.4, -0.2) is 22.0 Å². The van der Waals surface area contributed by atoms with Crippen molar-refractivity contribution >= 4 is 28.9 Å². The van der Waals surface area contributed by atoms with Gasteiger partial charge in [-0.2, -0.15) is 0 Å². The van der Waals surface area contributed by atoms with Crippen molar-refractivity contribution in [3.63, 3.8) is 0 Å². The van der Waals surface area contributed by atoms with Gasteiger partial charge in [0.05, 0.1) is 18.0 Å². The van der Waals surface area contributed by atoms with Gasteiger partial charge >= 0.3 is 5.97 Å². The maximum atomic E-state index is 12.3. The minimum atomic E-state index is -0.893. The van der Waals surface area contributed by atoms with Crippen LogP contribution in [0.15, 0.2) is 24.3 Å². The normalized spacial score (nSPS) is 12.0. The van der Waals surface area contributed by atoms with Crippen LogP contribution in [0.1, 0.15) is 34.0 Å². The van der Waals surface area contributed by atoms with Crippen molar-refractivity contribution in [2.45, 2.75) is 33.1 Å². The average Bonchev–Trinajstić information content (AvgIpc) is 2.81. The number of benzene rings is 1. The fraction of sp³-hybridized carbons (Fsp3) is 0.312. The van der Waals surface area contributed by atoms with Crippen LogP contribution in [0.4, 0.5) is 5.69 Å². The van der Waals surface area contributed by atoms with Crippen LogP contribution < -0.4 is 5.32 Å². The number of carboxylic acids is 1. The molecular weight excluding hydrogens is 300 g/mol. The average molecular weight is 318 g/mol. The highest BCUT2D eigenvalue weighted by molar-refractivity contribution is 7.12. The predicted octanol–water partition coefficient (Wildman–Crippen LogP) is 3.13. The van der Waals surface area contributed by atoms with E-state index in [9.17, 15) is 9.59 Å². The van der Waals surface area contributed by atoms with E-state index >= 15 is 0 Å². The van der Waals surface area contributed by atoms with Gasteiger partial charge in [0.15, 0.2) is 0 Å². The van der Waals surface area contributed by atoms with Gasteiger partial charge in [-0.3, -0.25) is 9.59 Å². The van der Waals surface area contributed by atoms with Gasteiger partial charge in [0.25, 0.3) is 0 Å². The molecule has 1 aromatic heterocycles. The predicted molar refractivity (Wildman–Crippen MR) is 86.4 cm³/mol. The molecule has 1 unspecified atom stereocenters. The highest BCUT2D eigenvalue weighted by atomic mass is 32.1. The molecule has 1 aromatic carbocycles. The SMILES string of the molecule is Cc1ccc(NC(=O)C(C)c2nc(C)c(CC(=O)O)s2)cc1. The fourth-order valence-corrected chi connectivity index (χ4v) is 3.04. The molecule has 0 saturated heterocycles. The molecule has 2 N–H and O–H groups in total. The summed E-state index contributed by atoms with van der Waals surface area (Å²) in [4.78, 5) is 28.1. The first-order valence-electron chi connectivity index (χ1n) is 6.92. The van der Waals surface area contributed by atoms with Gasteiger partial charge in [0, 0.05) is 10.6 Å². The van der Waals surface area contributed by atoms with Gasteiger partial charge in [-0.15, -0.1) is 11.3 Å². The standard InChI is InChI=1S/C16H18N2O3S/c1-9-4-6-12(7-5-9)18-15(21)10(2)16-17-11(3)13(22-16)8-14(19)20/h4-7,10H,8H2,1-3H3,(H,18,21)(H,19,20). The van der Waals surface area contributed by atoms with Crippen LogP contribution in [0.5, 0.6) is 0 Å². The van der Waals surface area contributed by atoms with E-state index in [2.05, 4.69) is 10.3 Å². The Morgan fingerprint density at radius 2 is 1.91 bits per heavy atom. The third-order valence-electron chi connectivity index (χ3n) is 3.30. The molecule has 116 valence electrons. The smallest absolute Gasteiger partial charge is 0.308 e. The topological polar surface area (TPSA) is 79.3 Å². The first kappa shape index (κ1) is 16.2. The molecule has 0 spiro atoms. The molecule has 0 bridgehead atoms. The molecule has 1 heterocycles. The van der Waals surface area contributed by atoms with Crippen molar-refractivity contribution in [3.8, 4) is 0 Å². The van der Waals surface area contributed by atoms with E-state index in [1.165, 1.54) is 11.3 Å². The number of thiazole rings is 1. The number of aliphatic carboxylic acids is 1. The second-order valence-electron chi connectivity index (χ2n) is 5.21. The Morgan fingerprint density at radius 3 is 2.50 bits per heavy atom. The lowest BCUT2D eigenvalue weighted by Crippen LogP contribution is -2.18. The molecule has 6 heteroatoms. The molecule has 0 saturated carbocycles. The molecule has 2 aromatic rings. The zero-order valence-corrected chi connectivity index (χ0v) is 13.5. The summed E-state index contributed by atoms with van der Waals surface area (Å²) in [7, 11) is 0. The van der Waals surface area contributed by atoms with Crippen LogP contribution >= 0.6 is 11.3 Å².